The molecule has 1 aliphatic heterocycles. The van der Waals surface area contributed by atoms with E-state index in [2.05, 4.69) is 10.6 Å². The van der Waals surface area contributed by atoms with Crippen molar-refractivity contribution in [3.8, 4) is 0 Å². The lowest BCUT2D eigenvalue weighted by Crippen LogP contribution is -2.47. The lowest BCUT2D eigenvalue weighted by atomic mass is 9.96. The molecule has 0 aromatic heterocycles. The predicted molar refractivity (Wildman–Crippen MR) is 78.1 cm³/mol. The second kappa shape index (κ2) is 6.24. The number of carbonyl (C=O) groups is 2. The molecule has 1 heterocycles. The SMILES string of the molecule is CC(=O)Nc1ccc(C(=O)NCC2(O)CCOC2C)cc1. The van der Waals surface area contributed by atoms with Crippen LogP contribution in [0, 0.1) is 0 Å². The molecule has 1 saturated heterocycles. The van der Waals surface area contributed by atoms with Gasteiger partial charge in [0.25, 0.3) is 5.91 Å². The van der Waals surface area contributed by atoms with Crippen LogP contribution in [-0.2, 0) is 9.53 Å². The normalized spacial score (nSPS) is 24.6. The highest BCUT2D eigenvalue weighted by molar-refractivity contribution is 5.95. The second-order valence-corrected chi connectivity index (χ2v) is 5.31. The van der Waals surface area contributed by atoms with Crippen LogP contribution in [-0.4, -0.2) is 41.8 Å². The molecule has 1 aromatic rings. The van der Waals surface area contributed by atoms with Crippen molar-refractivity contribution in [2.45, 2.75) is 32.0 Å². The van der Waals surface area contributed by atoms with Crippen LogP contribution in [0.3, 0.4) is 0 Å². The molecule has 0 aliphatic carbocycles. The zero-order chi connectivity index (χ0) is 15.5. The van der Waals surface area contributed by atoms with Gasteiger partial charge >= 0.3 is 0 Å². The Labute approximate surface area is 123 Å². The van der Waals surface area contributed by atoms with Crippen molar-refractivity contribution in [3.63, 3.8) is 0 Å². The van der Waals surface area contributed by atoms with Crippen LogP contribution in [0.25, 0.3) is 0 Å². The van der Waals surface area contributed by atoms with Gasteiger partial charge in [0.2, 0.25) is 5.91 Å². The minimum Gasteiger partial charge on any atom is -0.385 e. The van der Waals surface area contributed by atoms with Gasteiger partial charge in [0.05, 0.1) is 6.10 Å². The molecule has 2 amide bonds. The quantitative estimate of drug-likeness (QED) is 0.770. The third-order valence-corrected chi connectivity index (χ3v) is 3.68. The van der Waals surface area contributed by atoms with Crippen molar-refractivity contribution < 1.29 is 19.4 Å². The van der Waals surface area contributed by atoms with Crippen molar-refractivity contribution in [1.29, 1.82) is 0 Å². The summed E-state index contributed by atoms with van der Waals surface area (Å²) in [6, 6.07) is 6.57. The van der Waals surface area contributed by atoms with Crippen LogP contribution in [0.15, 0.2) is 24.3 Å². The van der Waals surface area contributed by atoms with Crippen LogP contribution in [0.1, 0.15) is 30.6 Å². The maximum absolute atomic E-state index is 12.0. The van der Waals surface area contributed by atoms with E-state index in [0.29, 0.717) is 24.3 Å². The summed E-state index contributed by atoms with van der Waals surface area (Å²) < 4.78 is 5.32. The van der Waals surface area contributed by atoms with Gasteiger partial charge in [-0.1, -0.05) is 0 Å². The van der Waals surface area contributed by atoms with Gasteiger partial charge in [-0.15, -0.1) is 0 Å². The monoisotopic (exact) mass is 292 g/mol. The Kier molecular flexibility index (Phi) is 4.59. The Balaban J connectivity index is 1.93. The Morgan fingerprint density at radius 2 is 2.05 bits per heavy atom. The number of hydrogen-bond acceptors (Lipinski definition) is 4. The number of ether oxygens (including phenoxy) is 1. The van der Waals surface area contributed by atoms with E-state index < -0.39 is 5.60 Å². The topological polar surface area (TPSA) is 87.7 Å². The molecule has 0 saturated carbocycles. The molecule has 114 valence electrons. The van der Waals surface area contributed by atoms with Gasteiger partial charge in [-0.05, 0) is 31.2 Å². The molecule has 2 unspecified atom stereocenters. The van der Waals surface area contributed by atoms with E-state index in [1.165, 1.54) is 6.92 Å². The molecule has 21 heavy (non-hydrogen) atoms. The molecule has 1 aromatic carbocycles. The van der Waals surface area contributed by atoms with E-state index in [-0.39, 0.29) is 24.5 Å². The molecular formula is C15H20N2O4. The summed E-state index contributed by atoms with van der Waals surface area (Å²) in [5.74, 6) is -0.429. The average Bonchev–Trinajstić information content (AvgIpc) is 2.77. The predicted octanol–water partition coefficient (Wildman–Crippen LogP) is 0.915. The first-order chi connectivity index (χ1) is 9.90. The first-order valence-electron chi connectivity index (χ1n) is 6.90. The smallest absolute Gasteiger partial charge is 0.251 e. The maximum atomic E-state index is 12.0. The Morgan fingerprint density at radius 1 is 1.38 bits per heavy atom. The largest absolute Gasteiger partial charge is 0.385 e. The van der Waals surface area contributed by atoms with Gasteiger partial charge < -0.3 is 20.5 Å². The average molecular weight is 292 g/mol. The fourth-order valence-electron chi connectivity index (χ4n) is 2.25. The summed E-state index contributed by atoms with van der Waals surface area (Å²) in [4.78, 5) is 23.0. The third kappa shape index (κ3) is 3.80. The summed E-state index contributed by atoms with van der Waals surface area (Å²) in [7, 11) is 0. The van der Waals surface area contributed by atoms with Crippen LogP contribution >= 0.6 is 0 Å². The number of carbonyl (C=O) groups excluding carboxylic acids is 2. The van der Waals surface area contributed by atoms with E-state index in [0.717, 1.165) is 0 Å². The van der Waals surface area contributed by atoms with Crippen LogP contribution in [0.5, 0.6) is 0 Å². The number of anilines is 1. The van der Waals surface area contributed by atoms with Gasteiger partial charge in [0.15, 0.2) is 0 Å². The van der Waals surface area contributed by atoms with Crippen molar-refractivity contribution in [1.82, 2.24) is 5.32 Å². The highest BCUT2D eigenvalue weighted by atomic mass is 16.5. The Morgan fingerprint density at radius 3 is 2.57 bits per heavy atom. The van der Waals surface area contributed by atoms with Crippen LogP contribution < -0.4 is 10.6 Å². The summed E-state index contributed by atoms with van der Waals surface area (Å²) >= 11 is 0. The van der Waals surface area contributed by atoms with Crippen molar-refractivity contribution >= 4 is 17.5 Å². The minimum atomic E-state index is -1.01. The Bertz CT molecular complexity index is 529. The van der Waals surface area contributed by atoms with E-state index in [1.807, 2.05) is 0 Å². The Hall–Kier alpha value is -1.92. The highest BCUT2D eigenvalue weighted by Gasteiger charge is 2.39. The first-order valence-corrected chi connectivity index (χ1v) is 6.90. The number of benzene rings is 1. The second-order valence-electron chi connectivity index (χ2n) is 5.31. The van der Waals surface area contributed by atoms with Gasteiger partial charge in [0, 0.05) is 37.7 Å². The number of amides is 2. The first kappa shape index (κ1) is 15.5. The van der Waals surface area contributed by atoms with Crippen LogP contribution in [0.2, 0.25) is 0 Å². The molecule has 0 radical (unpaired) electrons. The number of rotatable bonds is 4. The highest BCUT2D eigenvalue weighted by Crippen LogP contribution is 2.24. The summed E-state index contributed by atoms with van der Waals surface area (Å²) in [6.45, 7) is 3.87. The zero-order valence-corrected chi connectivity index (χ0v) is 12.2. The summed E-state index contributed by atoms with van der Waals surface area (Å²) in [5, 5.41) is 15.7. The van der Waals surface area contributed by atoms with E-state index >= 15 is 0 Å². The summed E-state index contributed by atoms with van der Waals surface area (Å²) in [5.41, 5.74) is 0.0981. The zero-order valence-electron chi connectivity index (χ0n) is 12.2. The van der Waals surface area contributed by atoms with Gasteiger partial charge in [-0.3, -0.25) is 9.59 Å². The van der Waals surface area contributed by atoms with E-state index in [1.54, 1.807) is 31.2 Å². The molecule has 2 atom stereocenters. The van der Waals surface area contributed by atoms with Crippen molar-refractivity contribution in [2.75, 3.05) is 18.5 Å². The molecule has 6 nitrogen and oxygen atoms in total. The van der Waals surface area contributed by atoms with Gasteiger partial charge in [-0.25, -0.2) is 0 Å². The van der Waals surface area contributed by atoms with E-state index in [9.17, 15) is 14.7 Å². The minimum absolute atomic E-state index is 0.153. The molecule has 1 fully saturated rings. The summed E-state index contributed by atoms with van der Waals surface area (Å²) in [6.07, 6.45) is 0.218. The van der Waals surface area contributed by atoms with Gasteiger partial charge in [-0.2, -0.15) is 0 Å². The molecule has 0 spiro atoms. The number of nitrogens with one attached hydrogen (secondary N) is 2. The number of aliphatic hydroxyl groups is 1. The fourth-order valence-corrected chi connectivity index (χ4v) is 2.25. The van der Waals surface area contributed by atoms with Crippen molar-refractivity contribution in [2.24, 2.45) is 0 Å². The molecule has 0 bridgehead atoms. The third-order valence-electron chi connectivity index (χ3n) is 3.68. The number of hydrogen-bond donors (Lipinski definition) is 3. The van der Waals surface area contributed by atoms with E-state index in [4.69, 9.17) is 4.74 Å². The lowest BCUT2D eigenvalue weighted by Gasteiger charge is -2.26. The lowest BCUT2D eigenvalue weighted by molar-refractivity contribution is -0.114. The van der Waals surface area contributed by atoms with Gasteiger partial charge in [0.1, 0.15) is 5.60 Å². The maximum Gasteiger partial charge on any atom is 0.251 e. The molecule has 3 N–H and O–H groups in total. The molecule has 6 heteroatoms. The van der Waals surface area contributed by atoms with Crippen LogP contribution in [0.4, 0.5) is 5.69 Å². The molecule has 2 rings (SSSR count). The molecule has 1 aliphatic rings. The molecular weight excluding hydrogens is 272 g/mol. The van der Waals surface area contributed by atoms with Crippen molar-refractivity contribution in [3.05, 3.63) is 29.8 Å². The fraction of sp³-hybridized carbons (Fsp3) is 0.467. The standard InChI is InChI=1S/C15H20N2O4/c1-10-15(20,7-8-21-10)9-16-14(19)12-3-5-13(6-4-12)17-11(2)18/h3-6,10,20H,7-9H2,1-2H3,(H,16,19)(H,17,18).